The summed E-state index contributed by atoms with van der Waals surface area (Å²) >= 11 is 11.8. The SMILES string of the molecule is NCc1ccc(CNC(=O)c2cc(Cl)ccc2Cl)cc1. The third-order valence-corrected chi connectivity index (χ3v) is 3.45. The molecule has 0 heterocycles. The van der Waals surface area contributed by atoms with Gasteiger partial charge in [-0.1, -0.05) is 47.5 Å². The van der Waals surface area contributed by atoms with Crippen LogP contribution in [0.1, 0.15) is 21.5 Å². The number of nitrogens with one attached hydrogen (secondary N) is 1. The van der Waals surface area contributed by atoms with E-state index < -0.39 is 0 Å². The van der Waals surface area contributed by atoms with Crippen molar-refractivity contribution in [2.24, 2.45) is 5.73 Å². The van der Waals surface area contributed by atoms with E-state index in [4.69, 9.17) is 28.9 Å². The predicted molar refractivity (Wildman–Crippen MR) is 82.0 cm³/mol. The molecule has 104 valence electrons. The van der Waals surface area contributed by atoms with Gasteiger partial charge in [0, 0.05) is 18.1 Å². The first kappa shape index (κ1) is 14.9. The lowest BCUT2D eigenvalue weighted by atomic mass is 10.1. The lowest BCUT2D eigenvalue weighted by Gasteiger charge is -2.08. The molecule has 0 atom stereocenters. The highest BCUT2D eigenvalue weighted by molar-refractivity contribution is 6.35. The molecule has 2 rings (SSSR count). The summed E-state index contributed by atoms with van der Waals surface area (Å²) in [5.41, 5.74) is 7.95. The Morgan fingerprint density at radius 2 is 1.70 bits per heavy atom. The second-order valence-electron chi connectivity index (χ2n) is 4.33. The Labute approximate surface area is 127 Å². The van der Waals surface area contributed by atoms with Crippen molar-refractivity contribution in [1.82, 2.24) is 5.32 Å². The number of hydrogen-bond donors (Lipinski definition) is 2. The molecule has 2 aromatic carbocycles. The molecule has 1 amide bonds. The first-order valence-corrected chi connectivity index (χ1v) is 6.87. The third kappa shape index (κ3) is 3.73. The zero-order valence-corrected chi connectivity index (χ0v) is 12.2. The van der Waals surface area contributed by atoms with Gasteiger partial charge < -0.3 is 11.1 Å². The molecule has 0 radical (unpaired) electrons. The third-order valence-electron chi connectivity index (χ3n) is 2.88. The van der Waals surface area contributed by atoms with E-state index in [-0.39, 0.29) is 5.91 Å². The molecule has 0 aliphatic heterocycles. The van der Waals surface area contributed by atoms with Gasteiger partial charge in [0.05, 0.1) is 10.6 Å². The van der Waals surface area contributed by atoms with Gasteiger partial charge in [0.25, 0.3) is 5.91 Å². The van der Waals surface area contributed by atoms with Crippen LogP contribution >= 0.6 is 23.2 Å². The molecule has 0 aromatic heterocycles. The molecule has 2 aromatic rings. The summed E-state index contributed by atoms with van der Waals surface area (Å²) in [7, 11) is 0. The zero-order valence-electron chi connectivity index (χ0n) is 10.7. The van der Waals surface area contributed by atoms with Crippen LogP contribution in [0.3, 0.4) is 0 Å². The summed E-state index contributed by atoms with van der Waals surface area (Å²) < 4.78 is 0. The molecule has 20 heavy (non-hydrogen) atoms. The molecule has 0 aliphatic rings. The second-order valence-corrected chi connectivity index (χ2v) is 5.17. The highest BCUT2D eigenvalue weighted by atomic mass is 35.5. The Morgan fingerprint density at radius 3 is 2.35 bits per heavy atom. The Bertz CT molecular complexity index is 612. The van der Waals surface area contributed by atoms with E-state index in [1.54, 1.807) is 18.2 Å². The topological polar surface area (TPSA) is 55.1 Å². The smallest absolute Gasteiger partial charge is 0.253 e. The van der Waals surface area contributed by atoms with Gasteiger partial charge in [-0.2, -0.15) is 0 Å². The minimum Gasteiger partial charge on any atom is -0.348 e. The first-order valence-electron chi connectivity index (χ1n) is 6.11. The van der Waals surface area contributed by atoms with Gasteiger partial charge in [-0.25, -0.2) is 0 Å². The summed E-state index contributed by atoms with van der Waals surface area (Å²) in [6.45, 7) is 0.928. The number of amides is 1. The molecule has 0 bridgehead atoms. The highest BCUT2D eigenvalue weighted by Gasteiger charge is 2.10. The Morgan fingerprint density at radius 1 is 1.05 bits per heavy atom. The van der Waals surface area contributed by atoms with Crippen LogP contribution in [0.5, 0.6) is 0 Å². The lowest BCUT2D eigenvalue weighted by Crippen LogP contribution is -2.23. The van der Waals surface area contributed by atoms with E-state index in [1.807, 2.05) is 24.3 Å². The molecule has 0 saturated carbocycles. The van der Waals surface area contributed by atoms with Gasteiger partial charge in [-0.05, 0) is 29.3 Å². The Balaban J connectivity index is 2.02. The number of nitrogens with two attached hydrogens (primary N) is 1. The standard InChI is InChI=1S/C15H14Cl2N2O/c16-12-5-6-14(17)13(7-12)15(20)19-9-11-3-1-10(8-18)2-4-11/h1-7H,8-9,18H2,(H,19,20). The molecule has 5 heteroatoms. The quantitative estimate of drug-likeness (QED) is 0.909. The molecule has 0 unspecified atom stereocenters. The summed E-state index contributed by atoms with van der Waals surface area (Å²) in [6.07, 6.45) is 0. The van der Waals surface area contributed by atoms with Crippen LogP contribution in [0.4, 0.5) is 0 Å². The van der Waals surface area contributed by atoms with Crippen molar-refractivity contribution in [3.63, 3.8) is 0 Å². The van der Waals surface area contributed by atoms with E-state index in [1.165, 1.54) is 0 Å². The number of hydrogen-bond acceptors (Lipinski definition) is 2. The molecule has 3 N–H and O–H groups in total. The fourth-order valence-electron chi connectivity index (χ4n) is 1.74. The van der Waals surface area contributed by atoms with Crippen LogP contribution in [0, 0.1) is 0 Å². The molecular formula is C15H14Cl2N2O. The fourth-order valence-corrected chi connectivity index (χ4v) is 2.12. The Kier molecular flexibility index (Phi) is 5.01. The molecule has 0 fully saturated rings. The van der Waals surface area contributed by atoms with Crippen LogP contribution in [0.15, 0.2) is 42.5 Å². The van der Waals surface area contributed by atoms with Gasteiger partial charge in [-0.3, -0.25) is 4.79 Å². The molecule has 3 nitrogen and oxygen atoms in total. The monoisotopic (exact) mass is 308 g/mol. The second kappa shape index (κ2) is 6.75. The zero-order chi connectivity index (χ0) is 14.5. The first-order chi connectivity index (χ1) is 9.60. The van der Waals surface area contributed by atoms with E-state index in [2.05, 4.69) is 5.32 Å². The summed E-state index contributed by atoms with van der Waals surface area (Å²) in [4.78, 5) is 12.0. The van der Waals surface area contributed by atoms with E-state index in [0.29, 0.717) is 28.7 Å². The number of rotatable bonds is 4. The average molecular weight is 309 g/mol. The van der Waals surface area contributed by atoms with Gasteiger partial charge in [-0.15, -0.1) is 0 Å². The van der Waals surface area contributed by atoms with Crippen LogP contribution in [-0.4, -0.2) is 5.91 Å². The maximum absolute atomic E-state index is 12.0. The average Bonchev–Trinajstić information content (AvgIpc) is 2.47. The normalized spacial score (nSPS) is 10.3. The Hall–Kier alpha value is -1.55. The van der Waals surface area contributed by atoms with Crippen molar-refractivity contribution in [1.29, 1.82) is 0 Å². The fraction of sp³-hybridized carbons (Fsp3) is 0.133. The summed E-state index contributed by atoms with van der Waals surface area (Å²) in [5.74, 6) is -0.250. The van der Waals surface area contributed by atoms with Gasteiger partial charge in [0.2, 0.25) is 0 Å². The maximum atomic E-state index is 12.0. The minimum atomic E-state index is -0.250. The van der Waals surface area contributed by atoms with Gasteiger partial charge in [0.15, 0.2) is 0 Å². The van der Waals surface area contributed by atoms with E-state index in [0.717, 1.165) is 11.1 Å². The predicted octanol–water partition coefficient (Wildman–Crippen LogP) is 3.38. The molecular weight excluding hydrogens is 295 g/mol. The molecule has 0 spiro atoms. The minimum absolute atomic E-state index is 0.250. The van der Waals surface area contributed by atoms with Crippen molar-refractivity contribution >= 4 is 29.1 Å². The largest absolute Gasteiger partial charge is 0.348 e. The van der Waals surface area contributed by atoms with Crippen LogP contribution in [-0.2, 0) is 13.1 Å². The summed E-state index contributed by atoms with van der Waals surface area (Å²) in [5, 5.41) is 3.67. The number of halogens is 2. The van der Waals surface area contributed by atoms with Crippen LogP contribution in [0.25, 0.3) is 0 Å². The summed E-state index contributed by atoms with van der Waals surface area (Å²) in [6, 6.07) is 12.5. The van der Waals surface area contributed by atoms with Crippen LogP contribution in [0.2, 0.25) is 10.0 Å². The lowest BCUT2D eigenvalue weighted by molar-refractivity contribution is 0.0951. The van der Waals surface area contributed by atoms with Crippen LogP contribution < -0.4 is 11.1 Å². The number of benzene rings is 2. The number of carbonyl (C=O) groups is 1. The van der Waals surface area contributed by atoms with Gasteiger partial charge in [0.1, 0.15) is 0 Å². The molecule has 0 aliphatic carbocycles. The molecule has 0 saturated heterocycles. The van der Waals surface area contributed by atoms with Gasteiger partial charge >= 0.3 is 0 Å². The maximum Gasteiger partial charge on any atom is 0.253 e. The van der Waals surface area contributed by atoms with Crippen molar-refractivity contribution in [2.45, 2.75) is 13.1 Å². The van der Waals surface area contributed by atoms with E-state index >= 15 is 0 Å². The van der Waals surface area contributed by atoms with Crippen molar-refractivity contribution in [3.05, 3.63) is 69.2 Å². The van der Waals surface area contributed by atoms with Crippen molar-refractivity contribution < 1.29 is 4.79 Å². The number of carbonyl (C=O) groups excluding carboxylic acids is 1. The van der Waals surface area contributed by atoms with Crippen molar-refractivity contribution in [3.8, 4) is 0 Å². The van der Waals surface area contributed by atoms with Crippen molar-refractivity contribution in [2.75, 3.05) is 0 Å². The van der Waals surface area contributed by atoms with E-state index in [9.17, 15) is 4.79 Å². The highest BCUT2D eigenvalue weighted by Crippen LogP contribution is 2.20.